The molecule has 116 valence electrons. The lowest BCUT2D eigenvalue weighted by atomic mass is 10.1. The molecule has 1 N–H and O–H groups in total. The van der Waals surface area contributed by atoms with Crippen molar-refractivity contribution in [3.05, 3.63) is 5.82 Å². The quantitative estimate of drug-likeness (QED) is 0.812. The highest BCUT2D eigenvalue weighted by Crippen LogP contribution is 2.45. The van der Waals surface area contributed by atoms with Crippen LogP contribution in [-0.2, 0) is 9.53 Å². The van der Waals surface area contributed by atoms with E-state index in [4.69, 9.17) is 9.84 Å². The summed E-state index contributed by atoms with van der Waals surface area (Å²) in [5.41, 5.74) is 0. The second-order valence-corrected chi connectivity index (χ2v) is 7.02. The Kier molecular flexibility index (Phi) is 4.21. The molecule has 2 atom stereocenters. The molecular formula is C14H21N3O3S. The molecule has 2 unspecified atom stereocenters. The van der Waals surface area contributed by atoms with Gasteiger partial charge in [-0.15, -0.1) is 10.2 Å². The molecule has 7 heteroatoms. The van der Waals surface area contributed by atoms with Crippen molar-refractivity contribution in [2.24, 2.45) is 5.92 Å². The van der Waals surface area contributed by atoms with E-state index in [9.17, 15) is 4.79 Å². The van der Waals surface area contributed by atoms with Gasteiger partial charge >= 0.3 is 5.97 Å². The van der Waals surface area contributed by atoms with Crippen LogP contribution in [0, 0.1) is 5.92 Å². The number of carboxylic acid groups (broad SMARTS) is 1. The van der Waals surface area contributed by atoms with Crippen LogP contribution in [0.2, 0.25) is 0 Å². The van der Waals surface area contributed by atoms with Gasteiger partial charge in [-0.1, -0.05) is 25.6 Å². The molecule has 1 saturated carbocycles. The zero-order valence-electron chi connectivity index (χ0n) is 12.4. The normalized spacial score (nSPS) is 25.7. The molecule has 1 aromatic rings. The molecule has 1 aromatic heterocycles. The summed E-state index contributed by atoms with van der Waals surface area (Å²) in [7, 11) is 0. The van der Waals surface area contributed by atoms with Crippen molar-refractivity contribution in [3.8, 4) is 0 Å². The van der Waals surface area contributed by atoms with Gasteiger partial charge in [-0.3, -0.25) is 9.36 Å². The fourth-order valence-corrected chi connectivity index (χ4v) is 3.69. The summed E-state index contributed by atoms with van der Waals surface area (Å²) in [4.78, 5) is 10.8. The van der Waals surface area contributed by atoms with Gasteiger partial charge in [-0.2, -0.15) is 0 Å². The fraction of sp³-hybridized carbons (Fsp3) is 0.786. The first kappa shape index (κ1) is 14.8. The Morgan fingerprint density at radius 3 is 2.81 bits per heavy atom. The number of thioether (sulfide) groups is 1. The molecule has 2 aliphatic rings. The number of nitrogens with zero attached hydrogens (tertiary/aromatic N) is 3. The Hall–Kier alpha value is -1.08. The van der Waals surface area contributed by atoms with Crippen LogP contribution in [0.5, 0.6) is 0 Å². The van der Waals surface area contributed by atoms with E-state index in [1.807, 2.05) is 0 Å². The number of hydrogen-bond acceptors (Lipinski definition) is 5. The first-order chi connectivity index (χ1) is 10.1. The number of carboxylic acids is 1. The van der Waals surface area contributed by atoms with Crippen LogP contribution in [0.4, 0.5) is 0 Å². The Labute approximate surface area is 128 Å². The molecule has 0 bridgehead atoms. The minimum atomic E-state index is -0.831. The van der Waals surface area contributed by atoms with E-state index in [0.29, 0.717) is 11.1 Å². The molecule has 21 heavy (non-hydrogen) atoms. The van der Waals surface area contributed by atoms with Crippen LogP contribution >= 0.6 is 11.8 Å². The van der Waals surface area contributed by atoms with Crippen molar-refractivity contribution >= 4 is 17.7 Å². The molecule has 2 fully saturated rings. The summed E-state index contributed by atoms with van der Waals surface area (Å²) in [5, 5.41) is 18.1. The first-order valence-electron chi connectivity index (χ1n) is 7.49. The molecule has 1 aliphatic heterocycles. The van der Waals surface area contributed by atoms with Gasteiger partial charge < -0.3 is 9.84 Å². The molecule has 0 amide bonds. The van der Waals surface area contributed by atoms with Gasteiger partial charge in [0.1, 0.15) is 5.82 Å². The molecule has 6 nitrogen and oxygen atoms in total. The van der Waals surface area contributed by atoms with Gasteiger partial charge in [0.05, 0.1) is 17.9 Å². The maximum Gasteiger partial charge on any atom is 0.313 e. The van der Waals surface area contributed by atoms with Crippen LogP contribution in [-0.4, -0.2) is 44.3 Å². The minimum Gasteiger partial charge on any atom is -0.481 e. The van der Waals surface area contributed by atoms with Crippen LogP contribution in [0.15, 0.2) is 5.16 Å². The smallest absolute Gasteiger partial charge is 0.313 e. The third kappa shape index (κ3) is 3.08. The minimum absolute atomic E-state index is 0.0118. The van der Waals surface area contributed by atoms with E-state index in [1.54, 1.807) is 0 Å². The predicted octanol–water partition coefficient (Wildman–Crippen LogP) is 2.32. The summed E-state index contributed by atoms with van der Waals surface area (Å²) < 4.78 is 8.07. The summed E-state index contributed by atoms with van der Waals surface area (Å²) in [5.74, 6) is 1.03. The van der Waals surface area contributed by atoms with Gasteiger partial charge in [0.2, 0.25) is 0 Å². The molecular weight excluding hydrogens is 290 g/mol. The van der Waals surface area contributed by atoms with E-state index < -0.39 is 5.97 Å². The summed E-state index contributed by atoms with van der Waals surface area (Å²) >= 11 is 1.25. The van der Waals surface area contributed by atoms with Crippen molar-refractivity contribution in [2.75, 3.05) is 12.4 Å². The average Bonchev–Trinajstić information content (AvgIpc) is 3.01. The zero-order chi connectivity index (χ0) is 15.0. The molecule has 3 rings (SSSR count). The topological polar surface area (TPSA) is 77.2 Å². The summed E-state index contributed by atoms with van der Waals surface area (Å²) in [6, 6.07) is 0.251. The molecule has 0 radical (unpaired) electrons. The second kappa shape index (κ2) is 5.96. The highest BCUT2D eigenvalue weighted by Gasteiger charge is 2.43. The van der Waals surface area contributed by atoms with E-state index in [2.05, 4.69) is 28.6 Å². The van der Waals surface area contributed by atoms with Gasteiger partial charge in [0.15, 0.2) is 5.16 Å². The van der Waals surface area contributed by atoms with Crippen molar-refractivity contribution < 1.29 is 14.6 Å². The Balaban J connectivity index is 1.89. The van der Waals surface area contributed by atoms with E-state index in [-0.39, 0.29) is 23.8 Å². The maximum atomic E-state index is 10.8. The first-order valence-corrected chi connectivity index (χ1v) is 8.47. The van der Waals surface area contributed by atoms with E-state index in [0.717, 1.165) is 18.9 Å². The summed E-state index contributed by atoms with van der Waals surface area (Å²) in [6.45, 7) is 4.95. The third-order valence-electron chi connectivity index (χ3n) is 4.05. The van der Waals surface area contributed by atoms with Crippen LogP contribution in [0.3, 0.4) is 0 Å². The second-order valence-electron chi connectivity index (χ2n) is 6.08. The Morgan fingerprint density at radius 2 is 2.19 bits per heavy atom. The van der Waals surface area contributed by atoms with Gasteiger partial charge in [0, 0.05) is 12.5 Å². The maximum absolute atomic E-state index is 10.8. The Bertz CT molecular complexity index is 528. The Morgan fingerprint density at radius 1 is 1.43 bits per heavy atom. The molecule has 0 spiro atoms. The third-order valence-corrected chi connectivity index (χ3v) is 4.98. The SMILES string of the molecule is CC(C)c1nnc(SCC(=O)O)n1C1CCOC1C1CC1. The van der Waals surface area contributed by atoms with Crippen LogP contribution in [0.1, 0.15) is 50.9 Å². The van der Waals surface area contributed by atoms with Gasteiger partial charge in [0.25, 0.3) is 0 Å². The van der Waals surface area contributed by atoms with Gasteiger partial charge in [-0.25, -0.2) is 0 Å². The highest BCUT2D eigenvalue weighted by atomic mass is 32.2. The molecule has 0 aromatic carbocycles. The zero-order valence-corrected chi connectivity index (χ0v) is 13.2. The van der Waals surface area contributed by atoms with Crippen LogP contribution in [0.25, 0.3) is 0 Å². The number of aromatic nitrogens is 3. The van der Waals surface area contributed by atoms with Crippen molar-refractivity contribution in [3.63, 3.8) is 0 Å². The molecule has 2 heterocycles. The van der Waals surface area contributed by atoms with E-state index in [1.165, 1.54) is 24.6 Å². The monoisotopic (exact) mass is 311 g/mol. The number of ether oxygens (including phenoxy) is 1. The number of aliphatic carboxylic acids is 1. The number of hydrogen-bond donors (Lipinski definition) is 1. The van der Waals surface area contributed by atoms with Crippen molar-refractivity contribution in [1.82, 2.24) is 14.8 Å². The fourth-order valence-electron chi connectivity index (χ4n) is 2.97. The number of rotatable bonds is 6. The van der Waals surface area contributed by atoms with Gasteiger partial charge in [-0.05, 0) is 25.2 Å². The van der Waals surface area contributed by atoms with Crippen molar-refractivity contribution in [1.29, 1.82) is 0 Å². The highest BCUT2D eigenvalue weighted by molar-refractivity contribution is 7.99. The van der Waals surface area contributed by atoms with Crippen molar-refractivity contribution in [2.45, 2.75) is 56.3 Å². The summed E-state index contributed by atoms with van der Waals surface area (Å²) in [6.07, 6.45) is 3.66. The lowest BCUT2D eigenvalue weighted by molar-refractivity contribution is -0.133. The van der Waals surface area contributed by atoms with E-state index >= 15 is 0 Å². The predicted molar refractivity (Wildman–Crippen MR) is 78.6 cm³/mol. The number of carbonyl (C=O) groups is 1. The molecule has 1 aliphatic carbocycles. The largest absolute Gasteiger partial charge is 0.481 e. The lowest BCUT2D eigenvalue weighted by Gasteiger charge is -2.23. The average molecular weight is 311 g/mol. The van der Waals surface area contributed by atoms with Crippen LogP contribution < -0.4 is 0 Å². The molecule has 1 saturated heterocycles. The standard InChI is InChI=1S/C14H21N3O3S/c1-8(2)13-15-16-14(21-7-11(18)19)17(13)10-5-6-20-12(10)9-3-4-9/h8-10,12H,3-7H2,1-2H3,(H,18,19). The lowest BCUT2D eigenvalue weighted by Crippen LogP contribution is -2.25.